The van der Waals surface area contributed by atoms with Gasteiger partial charge < -0.3 is 10.2 Å². The first-order chi connectivity index (χ1) is 9.56. The number of nitrogens with zero attached hydrogens (tertiary/aromatic N) is 1. The lowest BCUT2D eigenvalue weighted by Crippen LogP contribution is -2.30. The minimum Gasteiger partial charge on any atom is -0.348 e. The number of hydrogen-bond acceptors (Lipinski definition) is 1. The van der Waals surface area contributed by atoms with Gasteiger partial charge in [-0.1, -0.05) is 24.3 Å². The number of rotatable bonds is 3. The van der Waals surface area contributed by atoms with Crippen molar-refractivity contribution in [2.24, 2.45) is 0 Å². The maximum absolute atomic E-state index is 13.5. The van der Waals surface area contributed by atoms with E-state index in [4.69, 9.17) is 12.2 Å². The first-order valence-corrected chi connectivity index (χ1v) is 6.48. The maximum atomic E-state index is 13.5. The smallest absolute Gasteiger partial charge is 0.173 e. The van der Waals surface area contributed by atoms with Crippen LogP contribution in [0.3, 0.4) is 0 Å². The summed E-state index contributed by atoms with van der Waals surface area (Å²) in [7, 11) is 1.76. The molecule has 0 aliphatic heterocycles. The lowest BCUT2D eigenvalue weighted by atomic mass is 10.2. The Morgan fingerprint density at radius 3 is 2.60 bits per heavy atom. The van der Waals surface area contributed by atoms with E-state index in [1.807, 2.05) is 6.07 Å². The van der Waals surface area contributed by atoms with Crippen LogP contribution in [0, 0.1) is 11.6 Å². The molecular formula is C15H14F2N2S. The van der Waals surface area contributed by atoms with Crippen molar-refractivity contribution in [2.45, 2.75) is 6.54 Å². The number of nitrogens with one attached hydrogen (secondary N) is 1. The number of thiocarbonyl (C=S) groups is 1. The molecule has 0 saturated heterocycles. The number of halogens is 2. The second-order valence-electron chi connectivity index (χ2n) is 4.40. The van der Waals surface area contributed by atoms with Gasteiger partial charge in [-0.15, -0.1) is 0 Å². The van der Waals surface area contributed by atoms with Crippen molar-refractivity contribution in [3.63, 3.8) is 0 Å². The van der Waals surface area contributed by atoms with Crippen LogP contribution in [0.15, 0.2) is 48.5 Å². The topological polar surface area (TPSA) is 15.3 Å². The third kappa shape index (κ3) is 3.74. The fourth-order valence-electron chi connectivity index (χ4n) is 1.75. The zero-order chi connectivity index (χ0) is 14.5. The average Bonchev–Trinajstić information content (AvgIpc) is 2.41. The molecule has 5 heteroatoms. The Bertz CT molecular complexity index is 616. The predicted octanol–water partition coefficient (Wildman–Crippen LogP) is 3.79. The highest BCUT2D eigenvalue weighted by Crippen LogP contribution is 2.14. The molecule has 20 heavy (non-hydrogen) atoms. The van der Waals surface area contributed by atoms with Gasteiger partial charge in [0, 0.05) is 13.6 Å². The van der Waals surface area contributed by atoms with Crippen LogP contribution in [-0.2, 0) is 6.54 Å². The zero-order valence-corrected chi connectivity index (χ0v) is 11.8. The Labute approximate surface area is 122 Å². The van der Waals surface area contributed by atoms with Crippen molar-refractivity contribution in [2.75, 3.05) is 12.4 Å². The molecule has 0 amide bonds. The van der Waals surface area contributed by atoms with Crippen LogP contribution in [0.2, 0.25) is 0 Å². The Morgan fingerprint density at radius 2 is 1.90 bits per heavy atom. The van der Waals surface area contributed by atoms with Crippen molar-refractivity contribution in [3.8, 4) is 0 Å². The van der Waals surface area contributed by atoms with E-state index in [9.17, 15) is 8.78 Å². The highest BCUT2D eigenvalue weighted by atomic mass is 32.1. The second kappa shape index (κ2) is 6.43. The number of hydrogen-bond donors (Lipinski definition) is 1. The largest absolute Gasteiger partial charge is 0.348 e. The normalized spacial score (nSPS) is 10.2. The Morgan fingerprint density at radius 1 is 1.15 bits per heavy atom. The number of para-hydroxylation sites is 1. The van der Waals surface area contributed by atoms with Crippen LogP contribution < -0.4 is 5.32 Å². The van der Waals surface area contributed by atoms with E-state index in [1.165, 1.54) is 18.2 Å². The highest BCUT2D eigenvalue weighted by molar-refractivity contribution is 7.80. The summed E-state index contributed by atoms with van der Waals surface area (Å²) in [6.07, 6.45) is 0. The summed E-state index contributed by atoms with van der Waals surface area (Å²) in [5, 5.41) is 3.21. The Kier molecular flexibility index (Phi) is 4.63. The standard InChI is InChI=1S/C15H14F2N2S/c1-19(10-11-5-4-6-12(16)9-11)15(20)18-14-8-3-2-7-13(14)17/h2-9H,10H2,1H3,(H,18,20). The van der Waals surface area contributed by atoms with Crippen LogP contribution in [-0.4, -0.2) is 17.1 Å². The molecule has 2 aromatic rings. The van der Waals surface area contributed by atoms with Crippen molar-refractivity contribution in [1.29, 1.82) is 0 Å². The van der Waals surface area contributed by atoms with Crippen molar-refractivity contribution in [1.82, 2.24) is 4.90 Å². The Hall–Kier alpha value is -2.01. The van der Waals surface area contributed by atoms with Gasteiger partial charge in [0.1, 0.15) is 11.6 Å². The van der Waals surface area contributed by atoms with Gasteiger partial charge in [0.25, 0.3) is 0 Å². The zero-order valence-electron chi connectivity index (χ0n) is 10.9. The van der Waals surface area contributed by atoms with E-state index >= 15 is 0 Å². The van der Waals surface area contributed by atoms with E-state index in [0.29, 0.717) is 17.3 Å². The van der Waals surface area contributed by atoms with Gasteiger partial charge in [-0.05, 0) is 42.0 Å². The average molecular weight is 292 g/mol. The minimum atomic E-state index is -0.367. The molecule has 0 fully saturated rings. The molecule has 2 nitrogen and oxygen atoms in total. The molecular weight excluding hydrogens is 278 g/mol. The highest BCUT2D eigenvalue weighted by Gasteiger charge is 2.08. The summed E-state index contributed by atoms with van der Waals surface area (Å²) in [5.74, 6) is -0.655. The summed E-state index contributed by atoms with van der Waals surface area (Å²) >= 11 is 5.20. The molecule has 0 heterocycles. The quantitative estimate of drug-likeness (QED) is 0.866. The molecule has 0 saturated carbocycles. The Balaban J connectivity index is 2.01. The molecule has 0 aliphatic rings. The molecule has 2 rings (SSSR count). The first-order valence-electron chi connectivity index (χ1n) is 6.07. The van der Waals surface area contributed by atoms with E-state index in [0.717, 1.165) is 5.56 Å². The molecule has 104 valence electrons. The molecule has 0 atom stereocenters. The first kappa shape index (κ1) is 14.4. The molecule has 2 aromatic carbocycles. The van der Waals surface area contributed by atoms with E-state index in [-0.39, 0.29) is 11.6 Å². The predicted molar refractivity (Wildman–Crippen MR) is 80.5 cm³/mol. The lowest BCUT2D eigenvalue weighted by molar-refractivity contribution is 0.505. The van der Waals surface area contributed by atoms with Gasteiger partial charge >= 0.3 is 0 Å². The summed E-state index contributed by atoms with van der Waals surface area (Å²) in [6.45, 7) is 0.443. The molecule has 0 unspecified atom stereocenters. The van der Waals surface area contributed by atoms with Crippen molar-refractivity contribution in [3.05, 3.63) is 65.7 Å². The summed E-state index contributed by atoms with van der Waals surface area (Å²) in [6, 6.07) is 12.6. The van der Waals surface area contributed by atoms with Crippen molar-refractivity contribution >= 4 is 23.0 Å². The monoisotopic (exact) mass is 292 g/mol. The molecule has 1 N–H and O–H groups in total. The molecule has 0 spiro atoms. The fourth-order valence-corrected chi connectivity index (χ4v) is 1.93. The van der Waals surface area contributed by atoms with Crippen molar-refractivity contribution < 1.29 is 8.78 Å². The van der Waals surface area contributed by atoms with Gasteiger partial charge in [0.05, 0.1) is 5.69 Å². The van der Waals surface area contributed by atoms with Gasteiger partial charge in [0.2, 0.25) is 0 Å². The number of benzene rings is 2. The lowest BCUT2D eigenvalue weighted by Gasteiger charge is -2.21. The van der Waals surface area contributed by atoms with Crippen LogP contribution in [0.4, 0.5) is 14.5 Å². The number of anilines is 1. The van der Waals surface area contributed by atoms with Crippen LogP contribution in [0.5, 0.6) is 0 Å². The molecule has 0 radical (unpaired) electrons. The molecule has 0 aliphatic carbocycles. The van der Waals surface area contributed by atoms with Gasteiger partial charge in [-0.2, -0.15) is 0 Å². The van der Waals surface area contributed by atoms with Gasteiger partial charge in [-0.3, -0.25) is 0 Å². The SMILES string of the molecule is CN(Cc1cccc(F)c1)C(=S)Nc1ccccc1F. The van der Waals surface area contributed by atoms with E-state index in [1.54, 1.807) is 36.2 Å². The van der Waals surface area contributed by atoms with E-state index < -0.39 is 0 Å². The van der Waals surface area contributed by atoms with Gasteiger partial charge in [-0.25, -0.2) is 8.78 Å². The third-order valence-corrected chi connectivity index (χ3v) is 3.18. The van der Waals surface area contributed by atoms with Gasteiger partial charge in [0.15, 0.2) is 5.11 Å². The molecule has 0 aromatic heterocycles. The maximum Gasteiger partial charge on any atom is 0.173 e. The van der Waals surface area contributed by atoms with Crippen LogP contribution >= 0.6 is 12.2 Å². The fraction of sp³-hybridized carbons (Fsp3) is 0.133. The third-order valence-electron chi connectivity index (χ3n) is 2.77. The second-order valence-corrected chi connectivity index (χ2v) is 4.78. The van der Waals surface area contributed by atoms with E-state index in [2.05, 4.69) is 5.32 Å². The van der Waals surface area contributed by atoms with Crippen LogP contribution in [0.1, 0.15) is 5.56 Å². The summed E-state index contributed by atoms with van der Waals surface area (Å²) in [5.41, 5.74) is 1.12. The summed E-state index contributed by atoms with van der Waals surface area (Å²) in [4.78, 5) is 1.72. The molecule has 0 bridgehead atoms. The van der Waals surface area contributed by atoms with Crippen LogP contribution in [0.25, 0.3) is 0 Å². The minimum absolute atomic E-state index is 0.288. The summed E-state index contributed by atoms with van der Waals surface area (Å²) < 4.78 is 26.6.